The fraction of sp³-hybridized carbons (Fsp3) is 1.00. The number of ether oxygens (including phenoxy) is 5. The van der Waals surface area contributed by atoms with Crippen molar-refractivity contribution in [2.75, 3.05) is 13.2 Å². The zero-order chi connectivity index (χ0) is 40.1. The maximum absolute atomic E-state index is 12.2. The average molecular weight is 785 g/mol. The van der Waals surface area contributed by atoms with E-state index >= 15 is 0 Å². The van der Waals surface area contributed by atoms with Gasteiger partial charge in [0, 0.05) is 5.92 Å². The zero-order valence-electron chi connectivity index (χ0n) is 33.6. The molecule has 55 heavy (non-hydrogen) atoms. The van der Waals surface area contributed by atoms with Gasteiger partial charge in [-0.2, -0.15) is 0 Å². The molecule has 8 rings (SSSR count). The van der Waals surface area contributed by atoms with E-state index in [9.17, 15) is 46.0 Å². The fourth-order valence-corrected chi connectivity index (χ4v) is 14.9. The molecule has 3 heterocycles. The van der Waals surface area contributed by atoms with E-state index < -0.39 is 96.8 Å². The minimum atomic E-state index is -1.60. The van der Waals surface area contributed by atoms with Gasteiger partial charge in [0.15, 0.2) is 12.6 Å². The SMILES string of the molecule is CC(C)(O)[C@@H]1CC[C@](C)([C@H]2[C@H](O)C[C@@]3(C)[C@@H]4C[C@@H](O[C@@H]5O[C@H](CO)[C@@H](O)[C@H](O)[C@H]5O)[C@@H]5C(C)(C)[C@H](O[C@@H]6OC[C@@H](O)[C@H](O)[C@H]6O)CC[C@@]56C[C@@]46CC[C@]23C)O1. The van der Waals surface area contributed by atoms with Crippen LogP contribution in [-0.2, 0) is 23.7 Å². The molecule has 0 aromatic carbocycles. The van der Waals surface area contributed by atoms with E-state index in [-0.39, 0.29) is 52.1 Å². The molecule has 14 heteroatoms. The first-order chi connectivity index (χ1) is 25.5. The summed E-state index contributed by atoms with van der Waals surface area (Å²) in [6, 6.07) is 0. The van der Waals surface area contributed by atoms with Crippen LogP contribution < -0.4 is 0 Å². The van der Waals surface area contributed by atoms with Crippen molar-refractivity contribution in [2.24, 2.45) is 44.8 Å². The summed E-state index contributed by atoms with van der Waals surface area (Å²) in [5.41, 5.74) is -3.16. The number of fused-ring (bicyclic) bond motifs is 2. The van der Waals surface area contributed by atoms with Gasteiger partial charge in [0.25, 0.3) is 0 Å². The van der Waals surface area contributed by atoms with Crippen LogP contribution in [0, 0.1) is 44.8 Å². The largest absolute Gasteiger partial charge is 0.394 e. The van der Waals surface area contributed by atoms with Crippen LogP contribution in [0.2, 0.25) is 0 Å². The van der Waals surface area contributed by atoms with Gasteiger partial charge in [-0.3, -0.25) is 0 Å². The van der Waals surface area contributed by atoms with Gasteiger partial charge in [0.1, 0.15) is 42.7 Å². The third kappa shape index (κ3) is 5.70. The number of hydrogen-bond acceptors (Lipinski definition) is 14. The maximum atomic E-state index is 12.2. The van der Waals surface area contributed by atoms with Gasteiger partial charge < -0.3 is 69.6 Å². The highest BCUT2D eigenvalue weighted by molar-refractivity contribution is 5.33. The smallest absolute Gasteiger partial charge is 0.186 e. The van der Waals surface area contributed by atoms with Crippen molar-refractivity contribution in [3.63, 3.8) is 0 Å². The number of aliphatic hydroxyl groups excluding tert-OH is 8. The summed E-state index contributed by atoms with van der Waals surface area (Å²) in [5, 5.41) is 97.2. The molecular weight excluding hydrogens is 716 g/mol. The normalized spacial score (nSPS) is 58.7. The Bertz CT molecular complexity index is 1460. The van der Waals surface area contributed by atoms with E-state index in [0.717, 1.165) is 32.1 Å². The Balaban J connectivity index is 1.15. The number of aliphatic hydroxyl groups is 9. The summed E-state index contributed by atoms with van der Waals surface area (Å²) in [7, 11) is 0. The van der Waals surface area contributed by atoms with Crippen LogP contribution in [0.1, 0.15) is 106 Å². The topological polar surface area (TPSA) is 228 Å². The maximum Gasteiger partial charge on any atom is 0.186 e. The van der Waals surface area contributed by atoms with Crippen LogP contribution in [0.25, 0.3) is 0 Å². The summed E-state index contributed by atoms with van der Waals surface area (Å²) < 4.78 is 31.9. The van der Waals surface area contributed by atoms with Crippen molar-refractivity contribution in [2.45, 2.75) is 197 Å². The molecule has 0 aromatic heterocycles. The summed E-state index contributed by atoms with van der Waals surface area (Å²) >= 11 is 0. The van der Waals surface area contributed by atoms with Crippen LogP contribution in [0.15, 0.2) is 0 Å². The molecule has 8 fully saturated rings. The van der Waals surface area contributed by atoms with Crippen LogP contribution in [0.5, 0.6) is 0 Å². The molecule has 8 aliphatic rings. The van der Waals surface area contributed by atoms with Gasteiger partial charge >= 0.3 is 0 Å². The van der Waals surface area contributed by atoms with E-state index in [4.69, 9.17) is 23.7 Å². The Morgan fingerprint density at radius 2 is 1.40 bits per heavy atom. The van der Waals surface area contributed by atoms with Gasteiger partial charge in [-0.15, -0.1) is 0 Å². The molecule has 3 aliphatic heterocycles. The van der Waals surface area contributed by atoms with Crippen molar-refractivity contribution in [3.8, 4) is 0 Å². The summed E-state index contributed by atoms with van der Waals surface area (Å²) in [4.78, 5) is 0. The first-order valence-corrected chi connectivity index (χ1v) is 20.9. The molecular formula is C41H68O14. The molecule has 9 N–H and O–H groups in total. The van der Waals surface area contributed by atoms with Crippen LogP contribution >= 0.6 is 0 Å². The van der Waals surface area contributed by atoms with E-state index in [1.54, 1.807) is 13.8 Å². The quantitative estimate of drug-likeness (QED) is 0.162. The summed E-state index contributed by atoms with van der Waals surface area (Å²) in [5.74, 6) is -0.215. The standard InChI is InChI=1S/C41H68O14/c1-35(2)24(54-33-29(48)26(45)20(44)17-51-33)9-11-41-18-40(41)13-12-37(5)31(39(7)10-8-25(55-39)36(3,4)50)19(43)15-38(37,6)23(40)14-21(32(35)41)52-34-30(49)28(47)27(46)22(16-42)53-34/h19-34,42-50H,8-18H2,1-7H3/t19-,20-,21-,22-,23+,24-,25+,26+,27-,28+,29-,30-,31+,32-,33+,34-,37-,38+,39-,40+,41-/m1/s1. The lowest BCUT2D eigenvalue weighted by atomic mass is 9.41. The molecule has 0 amide bonds. The van der Waals surface area contributed by atoms with Crippen molar-refractivity contribution in [1.82, 2.24) is 0 Å². The molecule has 5 aliphatic carbocycles. The predicted molar refractivity (Wildman–Crippen MR) is 194 cm³/mol. The second kappa shape index (κ2) is 13.2. The van der Waals surface area contributed by atoms with E-state index in [1.165, 1.54) is 0 Å². The lowest BCUT2D eigenvalue weighted by Crippen LogP contribution is -2.65. The second-order valence-corrected chi connectivity index (χ2v) is 21.1. The zero-order valence-corrected chi connectivity index (χ0v) is 33.6. The van der Waals surface area contributed by atoms with Crippen molar-refractivity contribution in [3.05, 3.63) is 0 Å². The van der Waals surface area contributed by atoms with Crippen molar-refractivity contribution >= 4 is 0 Å². The Morgan fingerprint density at radius 3 is 2.05 bits per heavy atom. The fourth-order valence-electron chi connectivity index (χ4n) is 14.9. The van der Waals surface area contributed by atoms with Crippen molar-refractivity contribution < 1.29 is 69.6 Å². The van der Waals surface area contributed by atoms with Gasteiger partial charge in [-0.1, -0.05) is 27.7 Å². The Hall–Kier alpha value is -0.560. The van der Waals surface area contributed by atoms with Gasteiger partial charge in [0.05, 0.1) is 48.8 Å². The second-order valence-electron chi connectivity index (χ2n) is 21.1. The molecule has 0 radical (unpaired) electrons. The predicted octanol–water partition coefficient (Wildman–Crippen LogP) is 0.724. The van der Waals surface area contributed by atoms with E-state index in [2.05, 4.69) is 34.6 Å². The minimum absolute atomic E-state index is 0.0633. The van der Waals surface area contributed by atoms with Crippen molar-refractivity contribution in [1.29, 1.82) is 0 Å². The monoisotopic (exact) mass is 784 g/mol. The molecule has 316 valence electrons. The number of hydrogen-bond donors (Lipinski definition) is 9. The Labute approximate surface area is 324 Å². The highest BCUT2D eigenvalue weighted by atomic mass is 16.7. The third-order valence-corrected chi connectivity index (χ3v) is 17.6. The Kier molecular flexibility index (Phi) is 9.90. The third-order valence-electron chi connectivity index (χ3n) is 17.6. The lowest BCUT2D eigenvalue weighted by Gasteiger charge is -2.65. The van der Waals surface area contributed by atoms with Gasteiger partial charge in [-0.25, -0.2) is 0 Å². The number of rotatable bonds is 7. The highest BCUT2D eigenvalue weighted by Crippen LogP contribution is 2.89. The molecule has 0 aromatic rings. The average Bonchev–Trinajstić information content (AvgIpc) is 3.47. The van der Waals surface area contributed by atoms with Gasteiger partial charge in [-0.05, 0) is 117 Å². The van der Waals surface area contributed by atoms with Crippen LogP contribution in [-0.4, -0.2) is 150 Å². The summed E-state index contributed by atoms with van der Waals surface area (Å²) in [6.07, 6.45) is -7.48. The first kappa shape index (κ1) is 41.2. The first-order valence-electron chi connectivity index (χ1n) is 20.9. The Morgan fingerprint density at radius 1 is 0.709 bits per heavy atom. The summed E-state index contributed by atoms with van der Waals surface area (Å²) in [6.45, 7) is 13.8. The molecule has 0 bridgehead atoms. The molecule has 14 nitrogen and oxygen atoms in total. The molecule has 5 saturated carbocycles. The van der Waals surface area contributed by atoms with Crippen LogP contribution in [0.3, 0.4) is 0 Å². The molecule has 21 atom stereocenters. The molecule has 3 saturated heterocycles. The minimum Gasteiger partial charge on any atom is -0.394 e. The van der Waals surface area contributed by atoms with E-state index in [1.807, 2.05) is 0 Å². The molecule has 2 spiro atoms. The van der Waals surface area contributed by atoms with Gasteiger partial charge in [0.2, 0.25) is 0 Å². The highest BCUT2D eigenvalue weighted by Gasteiger charge is 2.85. The van der Waals surface area contributed by atoms with E-state index in [0.29, 0.717) is 25.7 Å². The van der Waals surface area contributed by atoms with Crippen LogP contribution in [0.4, 0.5) is 0 Å². The molecule has 0 unspecified atom stereocenters. The lowest BCUT2D eigenvalue weighted by molar-refractivity contribution is -0.339.